The number of hydrogen-bond acceptors (Lipinski definition) is 4. The Hall–Kier alpha value is -1.75. The summed E-state index contributed by atoms with van der Waals surface area (Å²) in [5.74, 6) is 0.397. The van der Waals surface area contributed by atoms with Crippen LogP contribution in [-0.4, -0.2) is 36.9 Å². The van der Waals surface area contributed by atoms with Crippen molar-refractivity contribution in [2.24, 2.45) is 0 Å². The van der Waals surface area contributed by atoms with E-state index in [9.17, 15) is 4.79 Å². The van der Waals surface area contributed by atoms with Crippen molar-refractivity contribution >= 4 is 5.97 Å². The van der Waals surface area contributed by atoms with E-state index in [4.69, 9.17) is 14.6 Å². The smallest absolute Gasteiger partial charge is 0.324 e. The number of carboxylic acid groups (broad SMARTS) is 1. The average Bonchev–Trinajstić information content (AvgIpc) is 2.35. The summed E-state index contributed by atoms with van der Waals surface area (Å²) >= 11 is 0. The highest BCUT2D eigenvalue weighted by atomic mass is 16.5. The summed E-state index contributed by atoms with van der Waals surface area (Å²) in [4.78, 5) is 10.9. The molecule has 0 heterocycles. The molecule has 100 valence electrons. The summed E-state index contributed by atoms with van der Waals surface area (Å²) in [6.07, 6.45) is 0. The first-order chi connectivity index (χ1) is 8.67. The Morgan fingerprint density at radius 2 is 2.00 bits per heavy atom. The number of hydrogen-bond donors (Lipinski definition) is 2. The fourth-order valence-electron chi connectivity index (χ4n) is 1.46. The lowest BCUT2D eigenvalue weighted by molar-refractivity contribution is -0.140. The number of carboxylic acids is 1. The highest BCUT2D eigenvalue weighted by molar-refractivity contribution is 5.73. The molecule has 2 N–H and O–H groups in total. The first-order valence-electron chi connectivity index (χ1n) is 5.99. The van der Waals surface area contributed by atoms with Crippen LogP contribution in [0.1, 0.15) is 13.8 Å². The number of likely N-dealkylation sites (N-methyl/N-ethyl adjacent to an activating group) is 1. The standard InChI is InChI=1S/C13H19NO4/c1-3-14-12(13(15)16)9-18-11-7-5-6-10(8-11)17-4-2/h5-8,12,14H,3-4,9H2,1-2H3,(H,15,16). The lowest BCUT2D eigenvalue weighted by atomic mass is 10.3. The van der Waals surface area contributed by atoms with Crippen LogP contribution in [0.2, 0.25) is 0 Å². The van der Waals surface area contributed by atoms with E-state index in [0.717, 1.165) is 0 Å². The molecular formula is C13H19NO4. The summed E-state index contributed by atoms with van der Waals surface area (Å²) < 4.78 is 10.8. The van der Waals surface area contributed by atoms with E-state index in [1.165, 1.54) is 0 Å². The van der Waals surface area contributed by atoms with Crippen molar-refractivity contribution in [2.75, 3.05) is 19.8 Å². The van der Waals surface area contributed by atoms with Gasteiger partial charge in [0.05, 0.1) is 6.61 Å². The van der Waals surface area contributed by atoms with Crippen molar-refractivity contribution < 1.29 is 19.4 Å². The molecule has 0 aliphatic rings. The molecule has 0 saturated heterocycles. The van der Waals surface area contributed by atoms with Crippen molar-refractivity contribution in [1.82, 2.24) is 5.32 Å². The summed E-state index contributed by atoms with van der Waals surface area (Å²) in [6, 6.07) is 6.45. The molecule has 0 aromatic heterocycles. The van der Waals surface area contributed by atoms with Gasteiger partial charge in [-0.1, -0.05) is 13.0 Å². The van der Waals surface area contributed by atoms with Crippen molar-refractivity contribution in [3.05, 3.63) is 24.3 Å². The minimum absolute atomic E-state index is 0.0821. The van der Waals surface area contributed by atoms with E-state index in [2.05, 4.69) is 5.32 Å². The van der Waals surface area contributed by atoms with Crippen LogP contribution in [0.15, 0.2) is 24.3 Å². The maximum absolute atomic E-state index is 10.9. The Bertz CT molecular complexity index is 381. The molecule has 1 rings (SSSR count). The zero-order chi connectivity index (χ0) is 13.4. The minimum Gasteiger partial charge on any atom is -0.494 e. The summed E-state index contributed by atoms with van der Waals surface area (Å²) in [6.45, 7) is 5.00. The number of benzene rings is 1. The average molecular weight is 253 g/mol. The van der Waals surface area contributed by atoms with Gasteiger partial charge >= 0.3 is 5.97 Å². The van der Waals surface area contributed by atoms with Crippen molar-refractivity contribution in [3.63, 3.8) is 0 Å². The second kappa shape index (κ2) is 7.55. The molecule has 0 saturated carbocycles. The molecule has 1 aromatic rings. The molecule has 0 spiro atoms. The number of rotatable bonds is 8. The number of ether oxygens (including phenoxy) is 2. The van der Waals surface area contributed by atoms with Gasteiger partial charge in [-0.3, -0.25) is 4.79 Å². The van der Waals surface area contributed by atoms with Crippen LogP contribution in [0.25, 0.3) is 0 Å². The highest BCUT2D eigenvalue weighted by Gasteiger charge is 2.16. The number of aliphatic carboxylic acids is 1. The summed E-state index contributed by atoms with van der Waals surface area (Å²) in [7, 11) is 0. The fraction of sp³-hybridized carbons (Fsp3) is 0.462. The van der Waals surface area contributed by atoms with Gasteiger partial charge in [0, 0.05) is 6.07 Å². The van der Waals surface area contributed by atoms with Gasteiger partial charge < -0.3 is 19.9 Å². The first kappa shape index (κ1) is 14.3. The second-order valence-electron chi connectivity index (χ2n) is 3.67. The second-order valence-corrected chi connectivity index (χ2v) is 3.67. The van der Waals surface area contributed by atoms with Gasteiger partial charge in [0.1, 0.15) is 24.1 Å². The maximum atomic E-state index is 10.9. The third-order valence-corrected chi connectivity index (χ3v) is 2.28. The van der Waals surface area contributed by atoms with E-state index in [0.29, 0.717) is 24.7 Å². The van der Waals surface area contributed by atoms with Crippen LogP contribution in [0, 0.1) is 0 Å². The van der Waals surface area contributed by atoms with Crippen LogP contribution in [-0.2, 0) is 4.79 Å². The van der Waals surface area contributed by atoms with E-state index in [1.807, 2.05) is 26.0 Å². The summed E-state index contributed by atoms with van der Waals surface area (Å²) in [5, 5.41) is 11.8. The van der Waals surface area contributed by atoms with E-state index < -0.39 is 12.0 Å². The van der Waals surface area contributed by atoms with E-state index >= 15 is 0 Å². The quantitative estimate of drug-likeness (QED) is 0.735. The largest absolute Gasteiger partial charge is 0.494 e. The van der Waals surface area contributed by atoms with Crippen molar-refractivity contribution in [1.29, 1.82) is 0 Å². The fourth-order valence-corrected chi connectivity index (χ4v) is 1.46. The Balaban J connectivity index is 2.55. The SMILES string of the molecule is CCNC(COc1cccc(OCC)c1)C(=O)O. The molecule has 0 aliphatic carbocycles. The molecule has 0 fully saturated rings. The molecule has 1 unspecified atom stereocenters. The topological polar surface area (TPSA) is 67.8 Å². The normalized spacial score (nSPS) is 11.9. The van der Waals surface area contributed by atoms with E-state index in [1.54, 1.807) is 12.1 Å². The van der Waals surface area contributed by atoms with Crippen LogP contribution in [0.3, 0.4) is 0 Å². The van der Waals surface area contributed by atoms with Gasteiger partial charge in [-0.15, -0.1) is 0 Å². The minimum atomic E-state index is -0.919. The molecule has 0 aliphatic heterocycles. The van der Waals surface area contributed by atoms with Gasteiger partial charge in [0.2, 0.25) is 0 Å². The lowest BCUT2D eigenvalue weighted by Gasteiger charge is -2.14. The van der Waals surface area contributed by atoms with Crippen LogP contribution in [0.4, 0.5) is 0 Å². The molecular weight excluding hydrogens is 234 g/mol. The van der Waals surface area contributed by atoms with Crippen LogP contribution < -0.4 is 14.8 Å². The van der Waals surface area contributed by atoms with Gasteiger partial charge in [-0.05, 0) is 25.6 Å². The highest BCUT2D eigenvalue weighted by Crippen LogP contribution is 2.19. The number of carbonyl (C=O) groups is 1. The Morgan fingerprint density at radius 3 is 2.56 bits per heavy atom. The molecule has 0 bridgehead atoms. The Kier molecular flexibility index (Phi) is 6.00. The van der Waals surface area contributed by atoms with Crippen LogP contribution in [0.5, 0.6) is 11.5 Å². The predicted octanol–water partition coefficient (Wildman–Crippen LogP) is 1.53. The zero-order valence-electron chi connectivity index (χ0n) is 10.7. The third-order valence-electron chi connectivity index (χ3n) is 2.28. The zero-order valence-corrected chi connectivity index (χ0v) is 10.7. The van der Waals surface area contributed by atoms with Gasteiger partial charge in [0.25, 0.3) is 0 Å². The lowest BCUT2D eigenvalue weighted by Crippen LogP contribution is -2.41. The predicted molar refractivity (Wildman–Crippen MR) is 68.2 cm³/mol. The van der Waals surface area contributed by atoms with Crippen LogP contribution >= 0.6 is 0 Å². The molecule has 1 aromatic carbocycles. The monoisotopic (exact) mass is 253 g/mol. The van der Waals surface area contributed by atoms with Crippen molar-refractivity contribution in [3.8, 4) is 11.5 Å². The van der Waals surface area contributed by atoms with E-state index in [-0.39, 0.29) is 6.61 Å². The number of nitrogens with one attached hydrogen (secondary N) is 1. The third kappa shape index (κ3) is 4.63. The molecule has 5 heteroatoms. The summed E-state index contributed by atoms with van der Waals surface area (Å²) in [5.41, 5.74) is 0. The Morgan fingerprint density at radius 1 is 1.33 bits per heavy atom. The van der Waals surface area contributed by atoms with Gasteiger partial charge in [0.15, 0.2) is 0 Å². The Labute approximate surface area is 107 Å². The molecule has 0 amide bonds. The van der Waals surface area contributed by atoms with Crippen molar-refractivity contribution in [2.45, 2.75) is 19.9 Å². The molecule has 1 atom stereocenters. The molecule has 18 heavy (non-hydrogen) atoms. The van der Waals surface area contributed by atoms with Gasteiger partial charge in [-0.2, -0.15) is 0 Å². The maximum Gasteiger partial charge on any atom is 0.324 e. The first-order valence-corrected chi connectivity index (χ1v) is 5.99. The van der Waals surface area contributed by atoms with Gasteiger partial charge in [-0.25, -0.2) is 0 Å². The molecule has 5 nitrogen and oxygen atoms in total. The molecule has 0 radical (unpaired) electrons.